The number of rotatable bonds is 4. The van der Waals surface area contributed by atoms with E-state index in [2.05, 4.69) is 44.0 Å². The number of hydrogen-bond donors (Lipinski definition) is 0. The summed E-state index contributed by atoms with van der Waals surface area (Å²) in [6.45, 7) is 5.52. The minimum absolute atomic E-state index is 0.666. The Bertz CT molecular complexity index is 610. The fraction of sp³-hybridized carbons (Fsp3) is 0.353. The van der Waals surface area contributed by atoms with Crippen LogP contribution in [0.15, 0.2) is 36.4 Å². The van der Waals surface area contributed by atoms with E-state index in [0.29, 0.717) is 5.92 Å². The Morgan fingerprint density at radius 1 is 1.16 bits per heavy atom. The summed E-state index contributed by atoms with van der Waals surface area (Å²) in [7, 11) is 2.12. The van der Waals surface area contributed by atoms with Crippen molar-refractivity contribution in [3.05, 3.63) is 42.0 Å². The van der Waals surface area contributed by atoms with E-state index in [1.807, 2.05) is 24.3 Å². The van der Waals surface area contributed by atoms with Crippen LogP contribution in [-0.4, -0.2) is 13.6 Å². The molecule has 19 heavy (non-hydrogen) atoms. The maximum Gasteiger partial charge on any atom is 0.0998 e. The molecule has 2 aromatic carbocycles. The maximum atomic E-state index is 9.18. The molecule has 0 saturated carbocycles. The SMILES string of the molecule is CCC(C)CN(C)c1ccc(C#N)c2ccccc12. The van der Waals surface area contributed by atoms with Crippen LogP contribution < -0.4 is 4.90 Å². The summed E-state index contributed by atoms with van der Waals surface area (Å²) in [6, 6.07) is 14.4. The second-order valence-electron chi connectivity index (χ2n) is 5.18. The Hall–Kier alpha value is -2.01. The van der Waals surface area contributed by atoms with Crippen LogP contribution in [-0.2, 0) is 0 Å². The predicted octanol–water partition coefficient (Wildman–Crippen LogP) is 4.19. The topological polar surface area (TPSA) is 27.0 Å². The smallest absolute Gasteiger partial charge is 0.0998 e. The van der Waals surface area contributed by atoms with Gasteiger partial charge in [-0.3, -0.25) is 0 Å². The molecule has 2 nitrogen and oxygen atoms in total. The molecule has 0 spiro atoms. The van der Waals surface area contributed by atoms with Crippen LogP contribution in [0.25, 0.3) is 10.8 Å². The number of nitrogens with zero attached hydrogens (tertiary/aromatic N) is 2. The Morgan fingerprint density at radius 2 is 1.84 bits per heavy atom. The number of benzene rings is 2. The van der Waals surface area contributed by atoms with Crippen molar-refractivity contribution in [1.29, 1.82) is 5.26 Å². The first kappa shape index (κ1) is 13.4. The van der Waals surface area contributed by atoms with Crippen molar-refractivity contribution in [3.63, 3.8) is 0 Å². The van der Waals surface area contributed by atoms with E-state index in [4.69, 9.17) is 0 Å². The summed E-state index contributed by atoms with van der Waals surface area (Å²) >= 11 is 0. The van der Waals surface area contributed by atoms with Gasteiger partial charge in [-0.25, -0.2) is 0 Å². The molecule has 98 valence electrons. The molecule has 1 unspecified atom stereocenters. The molecular weight excluding hydrogens is 232 g/mol. The van der Waals surface area contributed by atoms with Crippen LogP contribution in [0.4, 0.5) is 5.69 Å². The van der Waals surface area contributed by atoms with Gasteiger partial charge < -0.3 is 4.90 Å². The Morgan fingerprint density at radius 3 is 2.47 bits per heavy atom. The van der Waals surface area contributed by atoms with E-state index < -0.39 is 0 Å². The first-order valence-electron chi connectivity index (χ1n) is 6.80. The molecule has 0 radical (unpaired) electrons. The van der Waals surface area contributed by atoms with E-state index in [9.17, 15) is 5.26 Å². The summed E-state index contributed by atoms with van der Waals surface area (Å²) in [5.41, 5.74) is 1.95. The first-order valence-corrected chi connectivity index (χ1v) is 6.80. The summed E-state index contributed by atoms with van der Waals surface area (Å²) < 4.78 is 0. The highest BCUT2D eigenvalue weighted by Gasteiger charge is 2.10. The van der Waals surface area contributed by atoms with Gasteiger partial charge in [0, 0.05) is 30.1 Å². The van der Waals surface area contributed by atoms with Gasteiger partial charge in [0.25, 0.3) is 0 Å². The molecule has 0 saturated heterocycles. The molecule has 2 rings (SSSR count). The lowest BCUT2D eigenvalue weighted by Gasteiger charge is -2.24. The van der Waals surface area contributed by atoms with Gasteiger partial charge in [-0.05, 0) is 18.1 Å². The third kappa shape index (κ3) is 2.71. The highest BCUT2D eigenvalue weighted by molar-refractivity contribution is 5.97. The Balaban J connectivity index is 2.48. The second-order valence-corrected chi connectivity index (χ2v) is 5.18. The molecule has 2 aromatic rings. The monoisotopic (exact) mass is 252 g/mol. The van der Waals surface area contributed by atoms with Gasteiger partial charge in [0.05, 0.1) is 11.6 Å². The molecule has 0 bridgehead atoms. The molecule has 0 heterocycles. The van der Waals surface area contributed by atoms with Gasteiger partial charge >= 0.3 is 0 Å². The lowest BCUT2D eigenvalue weighted by molar-refractivity contribution is 0.560. The fourth-order valence-corrected chi connectivity index (χ4v) is 2.41. The molecule has 0 fully saturated rings. The van der Waals surface area contributed by atoms with Crippen LogP contribution in [0.1, 0.15) is 25.8 Å². The van der Waals surface area contributed by atoms with E-state index in [1.54, 1.807) is 0 Å². The van der Waals surface area contributed by atoms with Crippen molar-refractivity contribution in [2.45, 2.75) is 20.3 Å². The van der Waals surface area contributed by atoms with Gasteiger partial charge in [-0.1, -0.05) is 44.5 Å². The van der Waals surface area contributed by atoms with Crippen LogP contribution in [0.3, 0.4) is 0 Å². The van der Waals surface area contributed by atoms with Crippen LogP contribution >= 0.6 is 0 Å². The third-order valence-corrected chi connectivity index (χ3v) is 3.72. The van der Waals surface area contributed by atoms with Crippen molar-refractivity contribution in [1.82, 2.24) is 0 Å². The van der Waals surface area contributed by atoms with Gasteiger partial charge in [-0.15, -0.1) is 0 Å². The van der Waals surface area contributed by atoms with Crippen LogP contribution in [0.2, 0.25) is 0 Å². The van der Waals surface area contributed by atoms with E-state index in [1.165, 1.54) is 12.1 Å². The van der Waals surface area contributed by atoms with Gasteiger partial charge in [0.1, 0.15) is 0 Å². The average molecular weight is 252 g/mol. The minimum Gasteiger partial charge on any atom is -0.374 e. The van der Waals surface area contributed by atoms with Gasteiger partial charge in [0.2, 0.25) is 0 Å². The lowest BCUT2D eigenvalue weighted by atomic mass is 10.0. The van der Waals surface area contributed by atoms with Crippen molar-refractivity contribution < 1.29 is 0 Å². The van der Waals surface area contributed by atoms with Crippen molar-refractivity contribution in [2.75, 3.05) is 18.5 Å². The summed E-state index contributed by atoms with van der Waals surface area (Å²) in [6.07, 6.45) is 1.18. The minimum atomic E-state index is 0.666. The van der Waals surface area contributed by atoms with Gasteiger partial charge in [0.15, 0.2) is 0 Å². The molecule has 2 heteroatoms. The van der Waals surface area contributed by atoms with Crippen LogP contribution in [0.5, 0.6) is 0 Å². The number of nitriles is 1. The van der Waals surface area contributed by atoms with E-state index >= 15 is 0 Å². The number of hydrogen-bond acceptors (Lipinski definition) is 2. The predicted molar refractivity (Wildman–Crippen MR) is 81.4 cm³/mol. The molecule has 0 aliphatic carbocycles. The molecule has 0 aromatic heterocycles. The molecule has 0 N–H and O–H groups in total. The van der Waals surface area contributed by atoms with Crippen molar-refractivity contribution in [3.8, 4) is 6.07 Å². The normalized spacial score (nSPS) is 12.1. The van der Waals surface area contributed by atoms with Gasteiger partial charge in [-0.2, -0.15) is 5.26 Å². The zero-order valence-electron chi connectivity index (χ0n) is 11.9. The van der Waals surface area contributed by atoms with Crippen molar-refractivity contribution in [2.24, 2.45) is 5.92 Å². The van der Waals surface area contributed by atoms with E-state index in [0.717, 1.165) is 22.9 Å². The quantitative estimate of drug-likeness (QED) is 0.815. The third-order valence-electron chi connectivity index (χ3n) is 3.72. The zero-order valence-corrected chi connectivity index (χ0v) is 11.9. The number of fused-ring (bicyclic) bond motifs is 1. The summed E-state index contributed by atoms with van der Waals surface area (Å²) in [5.74, 6) is 0.666. The highest BCUT2D eigenvalue weighted by atomic mass is 15.1. The van der Waals surface area contributed by atoms with Crippen LogP contribution in [0, 0.1) is 17.2 Å². The maximum absolute atomic E-state index is 9.18. The Kier molecular flexibility index (Phi) is 4.06. The number of anilines is 1. The van der Waals surface area contributed by atoms with E-state index in [-0.39, 0.29) is 0 Å². The molecule has 0 amide bonds. The second kappa shape index (κ2) is 5.75. The molecule has 0 aliphatic rings. The lowest BCUT2D eigenvalue weighted by Crippen LogP contribution is -2.23. The zero-order chi connectivity index (χ0) is 13.8. The van der Waals surface area contributed by atoms with Crippen molar-refractivity contribution >= 4 is 16.5 Å². The fourth-order valence-electron chi connectivity index (χ4n) is 2.41. The summed E-state index contributed by atoms with van der Waals surface area (Å²) in [4.78, 5) is 2.29. The molecule has 0 aliphatic heterocycles. The standard InChI is InChI=1S/C17H20N2/c1-4-13(2)12-19(3)17-10-9-14(11-18)15-7-5-6-8-16(15)17/h5-10,13H,4,12H2,1-3H3. The Labute approximate surface area is 115 Å². The summed E-state index contributed by atoms with van der Waals surface area (Å²) in [5, 5.41) is 11.4. The molecular formula is C17H20N2. The first-order chi connectivity index (χ1) is 9.17. The largest absolute Gasteiger partial charge is 0.374 e. The highest BCUT2D eigenvalue weighted by Crippen LogP contribution is 2.29. The molecule has 1 atom stereocenters. The average Bonchev–Trinajstić information content (AvgIpc) is 2.45.